The third-order valence-electron chi connectivity index (χ3n) is 2.95. The van der Waals surface area contributed by atoms with Gasteiger partial charge in [0.15, 0.2) is 0 Å². The van der Waals surface area contributed by atoms with Crippen LogP contribution < -0.4 is 5.32 Å². The fraction of sp³-hybridized carbons (Fsp3) is 1.00. The van der Waals surface area contributed by atoms with Crippen LogP contribution in [0, 0.1) is 11.8 Å². The highest BCUT2D eigenvalue weighted by Crippen LogP contribution is 2.36. The van der Waals surface area contributed by atoms with Gasteiger partial charge in [-0.15, -0.1) is 0 Å². The molecule has 1 nitrogen and oxygen atoms in total. The maximum Gasteiger partial charge on any atom is 0.00924 e. The van der Waals surface area contributed by atoms with E-state index >= 15 is 0 Å². The van der Waals surface area contributed by atoms with E-state index in [0.717, 1.165) is 17.9 Å². The average molecular weight is 155 g/mol. The molecular formula is C10H21N. The molecule has 0 bridgehead atoms. The van der Waals surface area contributed by atoms with E-state index in [-0.39, 0.29) is 0 Å². The molecule has 0 spiro atoms. The van der Waals surface area contributed by atoms with Crippen molar-refractivity contribution >= 4 is 0 Å². The SMILES string of the molecule is CCCC(NC)C1CC(C)C1. The minimum absolute atomic E-state index is 0.802. The van der Waals surface area contributed by atoms with Crippen molar-refractivity contribution in [1.29, 1.82) is 0 Å². The maximum absolute atomic E-state index is 3.43. The lowest BCUT2D eigenvalue weighted by molar-refractivity contribution is 0.155. The monoisotopic (exact) mass is 155 g/mol. The van der Waals surface area contributed by atoms with Crippen molar-refractivity contribution in [1.82, 2.24) is 5.32 Å². The summed E-state index contributed by atoms with van der Waals surface area (Å²) < 4.78 is 0. The molecule has 1 atom stereocenters. The normalized spacial score (nSPS) is 33.0. The number of nitrogens with one attached hydrogen (secondary N) is 1. The van der Waals surface area contributed by atoms with Gasteiger partial charge in [-0.05, 0) is 38.1 Å². The van der Waals surface area contributed by atoms with E-state index in [9.17, 15) is 0 Å². The fourth-order valence-corrected chi connectivity index (χ4v) is 2.22. The molecule has 0 saturated heterocycles. The summed E-state index contributed by atoms with van der Waals surface area (Å²) >= 11 is 0. The molecule has 11 heavy (non-hydrogen) atoms. The molecule has 1 rings (SSSR count). The van der Waals surface area contributed by atoms with Gasteiger partial charge in [-0.1, -0.05) is 20.3 Å². The summed E-state index contributed by atoms with van der Waals surface area (Å²) in [6, 6.07) is 0.802. The zero-order valence-corrected chi connectivity index (χ0v) is 8.06. The summed E-state index contributed by atoms with van der Waals surface area (Å²) in [6.45, 7) is 4.63. The summed E-state index contributed by atoms with van der Waals surface area (Å²) in [5, 5.41) is 3.43. The highest BCUT2D eigenvalue weighted by Gasteiger charge is 2.30. The third kappa shape index (κ3) is 2.19. The molecule has 0 heterocycles. The lowest BCUT2D eigenvalue weighted by Crippen LogP contribution is -2.40. The Kier molecular flexibility index (Phi) is 3.38. The van der Waals surface area contributed by atoms with Crippen molar-refractivity contribution in [2.75, 3.05) is 7.05 Å². The van der Waals surface area contributed by atoms with Crippen molar-refractivity contribution in [3.05, 3.63) is 0 Å². The van der Waals surface area contributed by atoms with Gasteiger partial charge in [0.05, 0.1) is 0 Å². The van der Waals surface area contributed by atoms with Crippen LogP contribution in [0.3, 0.4) is 0 Å². The molecule has 0 radical (unpaired) electrons. The van der Waals surface area contributed by atoms with Crippen molar-refractivity contribution in [2.24, 2.45) is 11.8 Å². The molecule has 1 aliphatic rings. The summed E-state index contributed by atoms with van der Waals surface area (Å²) in [5.41, 5.74) is 0. The second-order valence-corrected chi connectivity index (χ2v) is 4.02. The van der Waals surface area contributed by atoms with Gasteiger partial charge in [0.1, 0.15) is 0 Å². The van der Waals surface area contributed by atoms with Crippen LogP contribution in [0.2, 0.25) is 0 Å². The topological polar surface area (TPSA) is 12.0 Å². The van der Waals surface area contributed by atoms with Crippen LogP contribution in [0.1, 0.15) is 39.5 Å². The minimum atomic E-state index is 0.802. The molecule has 0 aromatic rings. The Hall–Kier alpha value is -0.0400. The first-order valence-electron chi connectivity index (χ1n) is 4.95. The van der Waals surface area contributed by atoms with Crippen LogP contribution in [-0.2, 0) is 0 Å². The fourth-order valence-electron chi connectivity index (χ4n) is 2.22. The molecule has 1 saturated carbocycles. The van der Waals surface area contributed by atoms with Crippen molar-refractivity contribution < 1.29 is 0 Å². The summed E-state index contributed by atoms with van der Waals surface area (Å²) in [4.78, 5) is 0. The Balaban J connectivity index is 2.20. The predicted molar refractivity (Wildman–Crippen MR) is 49.6 cm³/mol. The van der Waals surface area contributed by atoms with E-state index in [0.29, 0.717) is 0 Å². The van der Waals surface area contributed by atoms with Gasteiger partial charge in [0, 0.05) is 6.04 Å². The molecule has 0 aliphatic heterocycles. The average Bonchev–Trinajstić information content (AvgIpc) is 1.95. The third-order valence-corrected chi connectivity index (χ3v) is 2.95. The van der Waals surface area contributed by atoms with Crippen LogP contribution in [0.15, 0.2) is 0 Å². The Morgan fingerprint density at radius 1 is 1.45 bits per heavy atom. The van der Waals surface area contributed by atoms with Gasteiger partial charge in [0.25, 0.3) is 0 Å². The zero-order valence-electron chi connectivity index (χ0n) is 8.06. The lowest BCUT2D eigenvalue weighted by Gasteiger charge is -2.38. The summed E-state index contributed by atoms with van der Waals surface area (Å²) in [7, 11) is 2.10. The molecule has 0 amide bonds. The van der Waals surface area contributed by atoms with Crippen molar-refractivity contribution in [3.8, 4) is 0 Å². The molecule has 1 aliphatic carbocycles. The quantitative estimate of drug-likeness (QED) is 0.657. The van der Waals surface area contributed by atoms with E-state index in [4.69, 9.17) is 0 Å². The van der Waals surface area contributed by atoms with Crippen LogP contribution >= 0.6 is 0 Å². The van der Waals surface area contributed by atoms with Gasteiger partial charge in [-0.25, -0.2) is 0 Å². The van der Waals surface area contributed by atoms with Gasteiger partial charge in [-0.3, -0.25) is 0 Å². The Morgan fingerprint density at radius 2 is 2.09 bits per heavy atom. The predicted octanol–water partition coefficient (Wildman–Crippen LogP) is 2.42. The van der Waals surface area contributed by atoms with E-state index in [1.54, 1.807) is 0 Å². The minimum Gasteiger partial charge on any atom is -0.317 e. The Morgan fingerprint density at radius 3 is 2.45 bits per heavy atom. The number of hydrogen-bond acceptors (Lipinski definition) is 1. The highest BCUT2D eigenvalue weighted by atomic mass is 14.9. The second-order valence-electron chi connectivity index (χ2n) is 4.02. The molecule has 1 fully saturated rings. The maximum atomic E-state index is 3.43. The van der Waals surface area contributed by atoms with Gasteiger partial charge in [0.2, 0.25) is 0 Å². The van der Waals surface area contributed by atoms with E-state index in [1.807, 2.05) is 0 Å². The summed E-state index contributed by atoms with van der Waals surface area (Å²) in [6.07, 6.45) is 5.57. The number of rotatable bonds is 4. The van der Waals surface area contributed by atoms with E-state index in [2.05, 4.69) is 26.2 Å². The molecule has 1 N–H and O–H groups in total. The first kappa shape index (κ1) is 9.05. The van der Waals surface area contributed by atoms with Crippen LogP contribution in [0.4, 0.5) is 0 Å². The van der Waals surface area contributed by atoms with Crippen LogP contribution in [-0.4, -0.2) is 13.1 Å². The van der Waals surface area contributed by atoms with E-state index in [1.165, 1.54) is 25.7 Å². The number of hydrogen-bond donors (Lipinski definition) is 1. The second kappa shape index (κ2) is 4.10. The molecule has 1 unspecified atom stereocenters. The molecular weight excluding hydrogens is 134 g/mol. The smallest absolute Gasteiger partial charge is 0.00924 e. The van der Waals surface area contributed by atoms with Crippen LogP contribution in [0.5, 0.6) is 0 Å². The van der Waals surface area contributed by atoms with Gasteiger partial charge < -0.3 is 5.32 Å². The van der Waals surface area contributed by atoms with Gasteiger partial charge in [-0.2, -0.15) is 0 Å². The zero-order chi connectivity index (χ0) is 8.27. The summed E-state index contributed by atoms with van der Waals surface area (Å²) in [5.74, 6) is 1.97. The Bertz CT molecular complexity index is 105. The molecule has 0 aromatic carbocycles. The standard InChI is InChI=1S/C10H21N/c1-4-5-10(11-3)9-6-8(2)7-9/h8-11H,4-7H2,1-3H3. The highest BCUT2D eigenvalue weighted by molar-refractivity contribution is 4.85. The molecule has 0 aromatic heterocycles. The van der Waals surface area contributed by atoms with Crippen LogP contribution in [0.25, 0.3) is 0 Å². The molecule has 1 heteroatoms. The lowest BCUT2D eigenvalue weighted by atomic mass is 9.71. The molecule has 66 valence electrons. The Labute approximate surface area is 70.6 Å². The van der Waals surface area contributed by atoms with Crippen molar-refractivity contribution in [2.45, 2.75) is 45.6 Å². The van der Waals surface area contributed by atoms with Gasteiger partial charge >= 0.3 is 0 Å². The first-order valence-corrected chi connectivity index (χ1v) is 4.95. The first-order chi connectivity index (χ1) is 5.27. The van der Waals surface area contributed by atoms with E-state index < -0.39 is 0 Å². The van der Waals surface area contributed by atoms with Crippen molar-refractivity contribution in [3.63, 3.8) is 0 Å². The largest absolute Gasteiger partial charge is 0.317 e.